The first kappa shape index (κ1) is 20.2. The van der Waals surface area contributed by atoms with E-state index in [4.69, 9.17) is 0 Å². The highest BCUT2D eigenvalue weighted by molar-refractivity contribution is 5.96. The van der Waals surface area contributed by atoms with Crippen molar-refractivity contribution in [2.75, 3.05) is 38.1 Å². The van der Waals surface area contributed by atoms with Crippen LogP contribution in [0.2, 0.25) is 0 Å². The number of nitrogens with zero attached hydrogens (tertiary/aromatic N) is 3. The zero-order chi connectivity index (χ0) is 21.1. The molecule has 1 saturated heterocycles. The highest BCUT2D eigenvalue weighted by atomic mass is 16.1. The summed E-state index contributed by atoms with van der Waals surface area (Å²) < 4.78 is 0. The van der Waals surface area contributed by atoms with E-state index in [1.54, 1.807) is 6.20 Å². The number of aromatic amines is 1. The molecule has 0 spiro atoms. The minimum absolute atomic E-state index is 0.0390. The second kappa shape index (κ2) is 8.71. The van der Waals surface area contributed by atoms with Crippen LogP contribution in [0.3, 0.4) is 0 Å². The van der Waals surface area contributed by atoms with E-state index in [9.17, 15) is 4.79 Å². The molecule has 2 heterocycles. The average molecular weight is 404 g/mol. The molecule has 1 aliphatic rings. The smallest absolute Gasteiger partial charge is 0.252 e. The minimum Gasteiger partial charge on any atom is -0.369 e. The molecule has 1 fully saturated rings. The van der Waals surface area contributed by atoms with Gasteiger partial charge in [0, 0.05) is 43.6 Å². The zero-order valence-corrected chi connectivity index (χ0v) is 17.9. The van der Waals surface area contributed by atoms with Crippen molar-refractivity contribution in [3.05, 3.63) is 71.4 Å². The van der Waals surface area contributed by atoms with E-state index in [0.29, 0.717) is 0 Å². The summed E-state index contributed by atoms with van der Waals surface area (Å²) in [5.41, 5.74) is 5.92. The lowest BCUT2D eigenvalue weighted by atomic mass is 10.0. The van der Waals surface area contributed by atoms with Gasteiger partial charge >= 0.3 is 0 Å². The number of piperazine rings is 1. The van der Waals surface area contributed by atoms with Crippen molar-refractivity contribution in [3.63, 3.8) is 0 Å². The normalized spacial score (nSPS) is 15.8. The monoisotopic (exact) mass is 403 g/mol. The van der Waals surface area contributed by atoms with Gasteiger partial charge in [-0.1, -0.05) is 24.3 Å². The van der Waals surface area contributed by atoms with Crippen LogP contribution < -0.4 is 10.2 Å². The number of H-pyrrole nitrogens is 1. The molecule has 1 aliphatic heterocycles. The summed E-state index contributed by atoms with van der Waals surface area (Å²) in [5.74, 6) is -0.0390. The van der Waals surface area contributed by atoms with E-state index in [0.717, 1.165) is 59.8 Å². The molecule has 0 saturated carbocycles. The number of carbonyl (C=O) groups excluding carboxylic acids is 1. The fraction of sp³-hybridized carbons (Fsp3) is 0.333. The van der Waals surface area contributed by atoms with E-state index in [2.05, 4.69) is 44.5 Å². The van der Waals surface area contributed by atoms with Crippen molar-refractivity contribution >= 4 is 11.6 Å². The number of amides is 1. The Hall–Kier alpha value is -3.12. The Morgan fingerprint density at radius 1 is 1.10 bits per heavy atom. The molecule has 0 radical (unpaired) electrons. The first-order valence-corrected chi connectivity index (χ1v) is 10.5. The van der Waals surface area contributed by atoms with Crippen molar-refractivity contribution in [2.45, 2.75) is 19.9 Å². The van der Waals surface area contributed by atoms with E-state index >= 15 is 0 Å². The van der Waals surface area contributed by atoms with Crippen LogP contribution in [0.5, 0.6) is 0 Å². The van der Waals surface area contributed by atoms with Crippen molar-refractivity contribution in [2.24, 2.45) is 0 Å². The van der Waals surface area contributed by atoms with Crippen LogP contribution in [0.1, 0.15) is 34.5 Å². The maximum atomic E-state index is 13.1. The van der Waals surface area contributed by atoms with E-state index < -0.39 is 0 Å². The van der Waals surface area contributed by atoms with Gasteiger partial charge in [0.25, 0.3) is 5.91 Å². The number of rotatable bonds is 5. The molecule has 3 aromatic rings. The van der Waals surface area contributed by atoms with Crippen LogP contribution in [0.15, 0.2) is 54.7 Å². The number of anilines is 1. The molecule has 6 nitrogen and oxygen atoms in total. The summed E-state index contributed by atoms with van der Waals surface area (Å²) in [6.07, 6.45) is 1.74. The minimum atomic E-state index is -0.105. The Labute approximate surface area is 177 Å². The highest BCUT2D eigenvalue weighted by Crippen LogP contribution is 2.24. The molecule has 30 heavy (non-hydrogen) atoms. The standard InChI is InChI=1S/C24H29N5O/c1-17-7-8-21(29-13-11-28(3)12-14-29)16-22(17)24(30)26-18(2)19-5-4-6-20(15-19)23-9-10-25-27-23/h4-10,15-16,18H,11-14H2,1-3H3,(H,25,27)(H,26,30)/t18-/m1/s1. The predicted octanol–water partition coefficient (Wildman–Crippen LogP) is 3.63. The summed E-state index contributed by atoms with van der Waals surface area (Å²) in [7, 11) is 2.15. The van der Waals surface area contributed by atoms with Crippen LogP contribution in [-0.2, 0) is 0 Å². The average Bonchev–Trinajstić information content (AvgIpc) is 3.30. The summed E-state index contributed by atoms with van der Waals surface area (Å²) in [6, 6.07) is 16.2. The first-order chi connectivity index (χ1) is 14.5. The molecular formula is C24H29N5O. The Kier molecular flexibility index (Phi) is 5.86. The SMILES string of the molecule is Cc1ccc(N2CCN(C)CC2)cc1C(=O)N[C@H](C)c1cccc(-c2ccn[nH]2)c1. The van der Waals surface area contributed by atoms with Gasteiger partial charge in [-0.3, -0.25) is 9.89 Å². The predicted molar refractivity (Wildman–Crippen MR) is 121 cm³/mol. The second-order valence-corrected chi connectivity index (χ2v) is 8.08. The van der Waals surface area contributed by atoms with Crippen molar-refractivity contribution in [1.82, 2.24) is 20.4 Å². The van der Waals surface area contributed by atoms with Gasteiger partial charge in [-0.05, 0) is 61.9 Å². The molecule has 6 heteroatoms. The molecule has 2 aromatic carbocycles. The summed E-state index contributed by atoms with van der Waals surface area (Å²) in [4.78, 5) is 17.8. The van der Waals surface area contributed by atoms with Crippen molar-refractivity contribution in [3.8, 4) is 11.3 Å². The first-order valence-electron chi connectivity index (χ1n) is 10.5. The highest BCUT2D eigenvalue weighted by Gasteiger charge is 2.18. The number of hydrogen-bond donors (Lipinski definition) is 2. The fourth-order valence-electron chi connectivity index (χ4n) is 3.87. The van der Waals surface area contributed by atoms with E-state index in [1.807, 2.05) is 50.2 Å². The van der Waals surface area contributed by atoms with Crippen molar-refractivity contribution < 1.29 is 4.79 Å². The molecular weight excluding hydrogens is 374 g/mol. The fourth-order valence-corrected chi connectivity index (χ4v) is 3.87. The quantitative estimate of drug-likeness (QED) is 0.683. The lowest BCUT2D eigenvalue weighted by Crippen LogP contribution is -2.44. The summed E-state index contributed by atoms with van der Waals surface area (Å²) >= 11 is 0. The molecule has 2 N–H and O–H groups in total. The van der Waals surface area contributed by atoms with Crippen LogP contribution in [0.4, 0.5) is 5.69 Å². The number of carbonyl (C=O) groups is 1. The number of hydrogen-bond acceptors (Lipinski definition) is 4. The number of nitrogens with one attached hydrogen (secondary N) is 2. The van der Waals surface area contributed by atoms with Gasteiger partial charge in [-0.15, -0.1) is 0 Å². The topological polar surface area (TPSA) is 64.3 Å². The summed E-state index contributed by atoms with van der Waals surface area (Å²) in [6.45, 7) is 8.06. The van der Waals surface area contributed by atoms with Crippen LogP contribution in [0, 0.1) is 6.92 Å². The van der Waals surface area contributed by atoms with Gasteiger partial charge in [0.1, 0.15) is 0 Å². The third-order valence-corrected chi connectivity index (χ3v) is 5.88. The number of aromatic nitrogens is 2. The van der Waals surface area contributed by atoms with E-state index in [-0.39, 0.29) is 11.9 Å². The van der Waals surface area contributed by atoms with Gasteiger partial charge < -0.3 is 15.1 Å². The van der Waals surface area contributed by atoms with E-state index in [1.165, 1.54) is 0 Å². The third-order valence-electron chi connectivity index (χ3n) is 5.88. The molecule has 0 aliphatic carbocycles. The molecule has 1 amide bonds. The second-order valence-electron chi connectivity index (χ2n) is 8.08. The molecule has 1 aromatic heterocycles. The lowest BCUT2D eigenvalue weighted by Gasteiger charge is -2.34. The summed E-state index contributed by atoms with van der Waals surface area (Å²) in [5, 5.41) is 10.2. The van der Waals surface area contributed by atoms with Crippen LogP contribution >= 0.6 is 0 Å². The molecule has 4 rings (SSSR count). The third kappa shape index (κ3) is 4.39. The Morgan fingerprint density at radius 2 is 1.90 bits per heavy atom. The molecule has 0 bridgehead atoms. The largest absolute Gasteiger partial charge is 0.369 e. The van der Waals surface area contributed by atoms with Crippen LogP contribution in [0.25, 0.3) is 11.3 Å². The molecule has 0 unspecified atom stereocenters. The number of aryl methyl sites for hydroxylation is 1. The van der Waals surface area contributed by atoms with Crippen LogP contribution in [-0.4, -0.2) is 54.2 Å². The maximum absolute atomic E-state index is 13.1. The van der Waals surface area contributed by atoms with Gasteiger partial charge in [0.2, 0.25) is 0 Å². The number of likely N-dealkylation sites (N-methyl/N-ethyl adjacent to an activating group) is 1. The zero-order valence-electron chi connectivity index (χ0n) is 17.9. The molecule has 156 valence electrons. The van der Waals surface area contributed by atoms with Gasteiger partial charge in [-0.25, -0.2) is 0 Å². The van der Waals surface area contributed by atoms with Crippen molar-refractivity contribution in [1.29, 1.82) is 0 Å². The molecule has 1 atom stereocenters. The maximum Gasteiger partial charge on any atom is 0.252 e. The Bertz CT molecular complexity index is 1010. The van der Waals surface area contributed by atoms with Gasteiger partial charge in [0.05, 0.1) is 11.7 Å². The Balaban J connectivity index is 1.49. The van der Waals surface area contributed by atoms with Gasteiger partial charge in [0.15, 0.2) is 0 Å². The lowest BCUT2D eigenvalue weighted by molar-refractivity contribution is 0.0939. The number of benzene rings is 2. The van der Waals surface area contributed by atoms with Gasteiger partial charge in [-0.2, -0.15) is 5.10 Å². The Morgan fingerprint density at radius 3 is 2.63 bits per heavy atom.